The second-order valence-corrected chi connectivity index (χ2v) is 4.22. The van der Waals surface area contributed by atoms with Crippen molar-refractivity contribution in [3.8, 4) is 0 Å². The SMILES string of the molecule is CC(C)=CCn1ccc2cccc([N+](=O)[O-])c21. The molecule has 0 fully saturated rings. The van der Waals surface area contributed by atoms with E-state index < -0.39 is 0 Å². The van der Waals surface area contributed by atoms with Gasteiger partial charge in [0.15, 0.2) is 0 Å². The molecular weight excluding hydrogens is 216 g/mol. The van der Waals surface area contributed by atoms with E-state index in [4.69, 9.17) is 0 Å². The number of nitro benzene ring substituents is 1. The average molecular weight is 230 g/mol. The number of benzene rings is 1. The van der Waals surface area contributed by atoms with E-state index in [1.165, 1.54) is 5.57 Å². The quantitative estimate of drug-likeness (QED) is 0.460. The maximum atomic E-state index is 11.0. The van der Waals surface area contributed by atoms with Gasteiger partial charge < -0.3 is 4.57 Å². The van der Waals surface area contributed by atoms with Crippen molar-refractivity contribution in [3.63, 3.8) is 0 Å². The first-order valence-electron chi connectivity index (χ1n) is 5.45. The van der Waals surface area contributed by atoms with E-state index >= 15 is 0 Å². The van der Waals surface area contributed by atoms with Crippen molar-refractivity contribution in [1.29, 1.82) is 0 Å². The fourth-order valence-corrected chi connectivity index (χ4v) is 1.82. The molecule has 0 saturated heterocycles. The van der Waals surface area contributed by atoms with Crippen molar-refractivity contribution in [2.24, 2.45) is 0 Å². The Labute approximate surface area is 99.3 Å². The molecule has 88 valence electrons. The predicted octanol–water partition coefficient (Wildman–Crippen LogP) is 3.52. The fraction of sp³-hybridized carbons (Fsp3) is 0.231. The van der Waals surface area contributed by atoms with Gasteiger partial charge in [-0.15, -0.1) is 0 Å². The Kier molecular flexibility index (Phi) is 2.95. The van der Waals surface area contributed by atoms with Crippen LogP contribution in [0.4, 0.5) is 5.69 Å². The number of aromatic nitrogens is 1. The summed E-state index contributed by atoms with van der Waals surface area (Å²) in [5, 5.41) is 11.9. The van der Waals surface area contributed by atoms with E-state index in [2.05, 4.69) is 6.08 Å². The molecule has 0 unspecified atom stereocenters. The van der Waals surface area contributed by atoms with Gasteiger partial charge >= 0.3 is 0 Å². The van der Waals surface area contributed by atoms with Crippen molar-refractivity contribution in [1.82, 2.24) is 4.57 Å². The van der Waals surface area contributed by atoms with E-state index in [1.807, 2.05) is 36.7 Å². The zero-order valence-electron chi connectivity index (χ0n) is 9.88. The van der Waals surface area contributed by atoms with Gasteiger partial charge in [-0.2, -0.15) is 0 Å². The summed E-state index contributed by atoms with van der Waals surface area (Å²) in [7, 11) is 0. The summed E-state index contributed by atoms with van der Waals surface area (Å²) in [4.78, 5) is 10.6. The maximum absolute atomic E-state index is 11.0. The highest BCUT2D eigenvalue weighted by atomic mass is 16.6. The Hall–Kier alpha value is -2.10. The van der Waals surface area contributed by atoms with E-state index in [1.54, 1.807) is 12.1 Å². The molecule has 0 bridgehead atoms. The standard InChI is InChI=1S/C13H14N2O2/c1-10(2)6-8-14-9-7-11-4-3-5-12(13(11)14)15(16)17/h3-7,9H,8H2,1-2H3. The number of para-hydroxylation sites is 1. The Morgan fingerprint density at radius 3 is 2.82 bits per heavy atom. The van der Waals surface area contributed by atoms with Crippen LogP contribution in [0.1, 0.15) is 13.8 Å². The van der Waals surface area contributed by atoms with Gasteiger partial charge in [0.25, 0.3) is 5.69 Å². The normalized spacial score (nSPS) is 10.5. The number of fused-ring (bicyclic) bond motifs is 1. The monoisotopic (exact) mass is 230 g/mol. The van der Waals surface area contributed by atoms with Gasteiger partial charge in [0, 0.05) is 24.2 Å². The van der Waals surface area contributed by atoms with Crippen molar-refractivity contribution in [2.75, 3.05) is 0 Å². The van der Waals surface area contributed by atoms with Gasteiger partial charge in [-0.1, -0.05) is 23.8 Å². The van der Waals surface area contributed by atoms with E-state index in [9.17, 15) is 10.1 Å². The third-order valence-electron chi connectivity index (χ3n) is 2.66. The first kappa shape index (κ1) is 11.4. The zero-order valence-corrected chi connectivity index (χ0v) is 9.88. The summed E-state index contributed by atoms with van der Waals surface area (Å²) in [5.74, 6) is 0. The van der Waals surface area contributed by atoms with Crippen LogP contribution in [0.5, 0.6) is 0 Å². The summed E-state index contributed by atoms with van der Waals surface area (Å²) >= 11 is 0. The number of nitrogens with zero attached hydrogens (tertiary/aromatic N) is 2. The lowest BCUT2D eigenvalue weighted by Gasteiger charge is -2.02. The largest absolute Gasteiger partial charge is 0.338 e. The minimum Gasteiger partial charge on any atom is -0.338 e. The second-order valence-electron chi connectivity index (χ2n) is 4.22. The molecule has 0 aliphatic heterocycles. The first-order valence-corrected chi connectivity index (χ1v) is 5.45. The average Bonchev–Trinajstić information content (AvgIpc) is 2.69. The van der Waals surface area contributed by atoms with Gasteiger partial charge in [0.05, 0.1) is 4.92 Å². The van der Waals surface area contributed by atoms with Gasteiger partial charge in [0.1, 0.15) is 5.52 Å². The Balaban J connectivity index is 2.57. The molecule has 2 rings (SSSR count). The van der Waals surface area contributed by atoms with Gasteiger partial charge in [-0.25, -0.2) is 0 Å². The number of allylic oxidation sites excluding steroid dienone is 2. The number of nitro groups is 1. The van der Waals surface area contributed by atoms with Crippen LogP contribution in [-0.2, 0) is 6.54 Å². The number of hydrogen-bond acceptors (Lipinski definition) is 2. The molecule has 4 nitrogen and oxygen atoms in total. The predicted molar refractivity (Wildman–Crippen MR) is 68.0 cm³/mol. The molecule has 1 aromatic heterocycles. The zero-order chi connectivity index (χ0) is 12.4. The molecule has 2 aromatic rings. The molecule has 0 aliphatic rings. The number of rotatable bonds is 3. The molecule has 0 aliphatic carbocycles. The number of non-ortho nitro benzene ring substituents is 1. The smallest absolute Gasteiger partial charge is 0.293 e. The third kappa shape index (κ3) is 2.20. The van der Waals surface area contributed by atoms with Crippen LogP contribution < -0.4 is 0 Å². The lowest BCUT2D eigenvalue weighted by Crippen LogP contribution is -1.97. The molecule has 0 spiro atoms. The summed E-state index contributed by atoms with van der Waals surface area (Å²) in [6, 6.07) is 7.05. The summed E-state index contributed by atoms with van der Waals surface area (Å²) in [6.07, 6.45) is 3.94. The fourth-order valence-electron chi connectivity index (χ4n) is 1.82. The van der Waals surface area contributed by atoms with Crippen molar-refractivity contribution in [3.05, 3.63) is 52.2 Å². The van der Waals surface area contributed by atoms with Crippen molar-refractivity contribution < 1.29 is 4.92 Å². The Bertz CT molecular complexity index is 592. The van der Waals surface area contributed by atoms with Crippen LogP contribution >= 0.6 is 0 Å². The molecule has 0 atom stereocenters. The van der Waals surface area contributed by atoms with Crippen LogP contribution in [0.2, 0.25) is 0 Å². The van der Waals surface area contributed by atoms with Crippen molar-refractivity contribution >= 4 is 16.6 Å². The van der Waals surface area contributed by atoms with Gasteiger partial charge in [0.2, 0.25) is 0 Å². The molecule has 1 aromatic carbocycles. The van der Waals surface area contributed by atoms with Crippen LogP contribution in [-0.4, -0.2) is 9.49 Å². The Morgan fingerprint density at radius 2 is 2.18 bits per heavy atom. The number of hydrogen-bond donors (Lipinski definition) is 0. The molecule has 0 saturated carbocycles. The molecule has 4 heteroatoms. The topological polar surface area (TPSA) is 48.1 Å². The van der Waals surface area contributed by atoms with E-state index in [0.29, 0.717) is 12.1 Å². The van der Waals surface area contributed by atoms with Gasteiger partial charge in [-0.3, -0.25) is 10.1 Å². The van der Waals surface area contributed by atoms with Crippen LogP contribution in [0.3, 0.4) is 0 Å². The lowest BCUT2D eigenvalue weighted by atomic mass is 10.2. The highest BCUT2D eigenvalue weighted by Gasteiger charge is 2.14. The van der Waals surface area contributed by atoms with Crippen LogP contribution in [0, 0.1) is 10.1 Å². The van der Waals surface area contributed by atoms with Crippen molar-refractivity contribution in [2.45, 2.75) is 20.4 Å². The highest BCUT2D eigenvalue weighted by molar-refractivity contribution is 5.88. The molecular formula is C13H14N2O2. The molecule has 0 radical (unpaired) electrons. The third-order valence-corrected chi connectivity index (χ3v) is 2.66. The minimum absolute atomic E-state index is 0.162. The highest BCUT2D eigenvalue weighted by Crippen LogP contribution is 2.26. The van der Waals surface area contributed by atoms with Crippen LogP contribution in [0.15, 0.2) is 42.1 Å². The minimum atomic E-state index is -0.332. The molecule has 0 amide bonds. The lowest BCUT2D eigenvalue weighted by molar-refractivity contribution is -0.383. The summed E-state index contributed by atoms with van der Waals surface area (Å²) in [5.41, 5.74) is 2.05. The first-order chi connectivity index (χ1) is 8.09. The summed E-state index contributed by atoms with van der Waals surface area (Å²) in [6.45, 7) is 4.69. The molecule has 0 N–H and O–H groups in total. The van der Waals surface area contributed by atoms with E-state index in [-0.39, 0.29) is 10.6 Å². The van der Waals surface area contributed by atoms with Crippen LogP contribution in [0.25, 0.3) is 10.9 Å². The molecule has 1 heterocycles. The maximum Gasteiger partial charge on any atom is 0.293 e. The molecule has 17 heavy (non-hydrogen) atoms. The second kappa shape index (κ2) is 4.41. The van der Waals surface area contributed by atoms with Gasteiger partial charge in [-0.05, 0) is 19.9 Å². The van der Waals surface area contributed by atoms with E-state index in [0.717, 1.165) is 5.39 Å². The Morgan fingerprint density at radius 1 is 1.41 bits per heavy atom. The summed E-state index contributed by atoms with van der Waals surface area (Å²) < 4.78 is 1.90.